The van der Waals surface area contributed by atoms with Gasteiger partial charge in [0.15, 0.2) is 11.5 Å². The largest absolute Gasteiger partial charge is 0.504 e. The highest BCUT2D eigenvalue weighted by Gasteiger charge is 2.51. The molecular formula is C26H33BN2O3. The van der Waals surface area contributed by atoms with Gasteiger partial charge < -0.3 is 20.1 Å². The zero-order chi connectivity index (χ0) is 23.3. The Balaban J connectivity index is 1.68. The molecule has 1 amide bonds. The second-order valence-electron chi connectivity index (χ2n) is 10.3. The van der Waals surface area contributed by atoms with Crippen molar-refractivity contribution in [3.05, 3.63) is 53.2 Å². The molecule has 2 aromatic carbocycles. The van der Waals surface area contributed by atoms with Gasteiger partial charge in [-0.05, 0) is 67.6 Å². The average molecular weight is 432 g/mol. The maximum Gasteiger partial charge on any atom is 0.235 e. The van der Waals surface area contributed by atoms with Crippen LogP contribution in [-0.4, -0.2) is 28.5 Å². The van der Waals surface area contributed by atoms with Crippen molar-refractivity contribution < 1.29 is 15.0 Å². The van der Waals surface area contributed by atoms with E-state index in [1.807, 2.05) is 0 Å². The Morgan fingerprint density at radius 1 is 1.12 bits per heavy atom. The van der Waals surface area contributed by atoms with Gasteiger partial charge in [0.25, 0.3) is 0 Å². The lowest BCUT2D eigenvalue weighted by Gasteiger charge is -2.22. The Labute approximate surface area is 190 Å². The van der Waals surface area contributed by atoms with E-state index in [9.17, 15) is 15.0 Å². The van der Waals surface area contributed by atoms with E-state index in [0.29, 0.717) is 0 Å². The number of aromatic nitrogens is 1. The summed E-state index contributed by atoms with van der Waals surface area (Å²) in [7, 11) is 2.21. The second kappa shape index (κ2) is 7.91. The summed E-state index contributed by atoms with van der Waals surface area (Å²) in [6.07, 6.45) is 3.73. The van der Waals surface area contributed by atoms with Crippen LogP contribution >= 0.6 is 0 Å². The summed E-state index contributed by atoms with van der Waals surface area (Å²) in [6.45, 7) is 9.83. The molecule has 1 saturated carbocycles. The molecular weight excluding hydrogens is 399 g/mol. The second-order valence-corrected chi connectivity index (χ2v) is 10.3. The predicted octanol–water partition coefficient (Wildman–Crippen LogP) is 4.77. The fraction of sp³-hybridized carbons (Fsp3) is 0.423. The molecule has 0 atom stereocenters. The standard InChI is InChI=1S/C26H33BN2O3/c1-16-12-19(13-17-14-22(25(2,3)4)29(23(16)17)11-5-10-27)28-24(32)26(8-9-26)18-6-7-20(30)21(31)15-18/h6-7,12-15,30-31H,5,8-11,27H2,1-4H3,(H,28,32). The van der Waals surface area contributed by atoms with Gasteiger partial charge in [0.05, 0.1) is 10.9 Å². The van der Waals surface area contributed by atoms with Gasteiger partial charge in [-0.25, -0.2) is 0 Å². The van der Waals surface area contributed by atoms with Crippen LogP contribution in [0.15, 0.2) is 36.4 Å². The van der Waals surface area contributed by atoms with Gasteiger partial charge in [0.2, 0.25) is 5.91 Å². The van der Waals surface area contributed by atoms with Crippen molar-refractivity contribution in [1.29, 1.82) is 0 Å². The van der Waals surface area contributed by atoms with Crippen molar-refractivity contribution in [1.82, 2.24) is 4.57 Å². The van der Waals surface area contributed by atoms with Crippen molar-refractivity contribution in [3.8, 4) is 11.5 Å². The van der Waals surface area contributed by atoms with Gasteiger partial charge in [-0.1, -0.05) is 33.2 Å². The monoisotopic (exact) mass is 432 g/mol. The zero-order valence-electron chi connectivity index (χ0n) is 19.7. The molecule has 0 aliphatic heterocycles. The molecule has 0 radical (unpaired) electrons. The van der Waals surface area contributed by atoms with E-state index in [1.165, 1.54) is 23.3 Å². The van der Waals surface area contributed by atoms with Gasteiger partial charge >= 0.3 is 0 Å². The SMILES string of the molecule is BCCCn1c(C(C)(C)C)cc2cc(NC(=O)C3(c4ccc(O)c(O)c4)CC3)cc(C)c21. The number of phenols is 2. The number of hydrogen-bond donors (Lipinski definition) is 3. The number of aromatic hydroxyl groups is 2. The highest BCUT2D eigenvalue weighted by atomic mass is 16.3. The molecule has 1 heterocycles. The maximum atomic E-state index is 13.3. The smallest absolute Gasteiger partial charge is 0.235 e. The summed E-state index contributed by atoms with van der Waals surface area (Å²) in [5.41, 5.74) is 4.62. The average Bonchev–Trinajstić information content (AvgIpc) is 3.43. The van der Waals surface area contributed by atoms with Crippen LogP contribution in [0.5, 0.6) is 11.5 Å². The summed E-state index contributed by atoms with van der Waals surface area (Å²) < 4.78 is 2.45. The molecule has 0 spiro atoms. The molecule has 1 aromatic heterocycles. The molecule has 4 rings (SSSR count). The lowest BCUT2D eigenvalue weighted by molar-refractivity contribution is -0.118. The minimum absolute atomic E-state index is 0.0293. The number of nitrogens with one attached hydrogen (secondary N) is 1. The van der Waals surface area contributed by atoms with E-state index in [0.717, 1.165) is 54.3 Å². The number of amides is 1. The van der Waals surface area contributed by atoms with Gasteiger partial charge in [0, 0.05) is 28.7 Å². The lowest BCUT2D eigenvalue weighted by atomic mass is 9.91. The summed E-state index contributed by atoms with van der Waals surface area (Å²) in [6, 6.07) is 11.1. The third-order valence-electron chi connectivity index (χ3n) is 6.66. The Kier molecular flexibility index (Phi) is 5.52. The number of carbonyl (C=O) groups is 1. The number of hydrogen-bond acceptors (Lipinski definition) is 3. The van der Waals surface area contributed by atoms with Gasteiger partial charge in [0.1, 0.15) is 7.85 Å². The summed E-state index contributed by atoms with van der Waals surface area (Å²) >= 11 is 0. The maximum absolute atomic E-state index is 13.3. The first-order valence-electron chi connectivity index (χ1n) is 11.5. The van der Waals surface area contributed by atoms with Gasteiger partial charge in [-0.15, -0.1) is 0 Å². The molecule has 3 N–H and O–H groups in total. The number of carbonyl (C=O) groups excluding carboxylic acids is 1. The molecule has 1 fully saturated rings. The van der Waals surface area contributed by atoms with E-state index in [2.05, 4.69) is 63.6 Å². The van der Waals surface area contributed by atoms with E-state index in [4.69, 9.17) is 0 Å². The first-order valence-corrected chi connectivity index (χ1v) is 11.5. The third-order valence-corrected chi connectivity index (χ3v) is 6.66. The molecule has 1 aliphatic rings. The van der Waals surface area contributed by atoms with Crippen LogP contribution in [0, 0.1) is 6.92 Å². The van der Waals surface area contributed by atoms with Crippen LogP contribution in [-0.2, 0) is 22.2 Å². The molecule has 168 valence electrons. The first-order chi connectivity index (χ1) is 15.1. The van der Waals surface area contributed by atoms with Crippen molar-refractivity contribution in [2.24, 2.45) is 0 Å². The molecule has 6 heteroatoms. The topological polar surface area (TPSA) is 74.5 Å². The number of phenolic OH excluding ortho intramolecular Hbond substituents is 2. The van der Waals surface area contributed by atoms with Crippen LogP contribution in [0.3, 0.4) is 0 Å². The highest BCUT2D eigenvalue weighted by Crippen LogP contribution is 2.50. The first kappa shape index (κ1) is 22.3. The van der Waals surface area contributed by atoms with Crippen molar-refractivity contribution >= 4 is 30.3 Å². The number of anilines is 1. The van der Waals surface area contributed by atoms with E-state index in [-0.39, 0.29) is 22.8 Å². The van der Waals surface area contributed by atoms with Gasteiger partial charge in [-0.3, -0.25) is 4.79 Å². The lowest BCUT2D eigenvalue weighted by Crippen LogP contribution is -2.27. The van der Waals surface area contributed by atoms with Crippen LogP contribution in [0.2, 0.25) is 6.32 Å². The van der Waals surface area contributed by atoms with Crippen LogP contribution in [0.25, 0.3) is 10.9 Å². The number of fused-ring (bicyclic) bond motifs is 1. The molecule has 32 heavy (non-hydrogen) atoms. The fourth-order valence-electron chi connectivity index (χ4n) is 4.72. The zero-order valence-corrected chi connectivity index (χ0v) is 19.7. The Bertz CT molecular complexity index is 1190. The quantitative estimate of drug-likeness (QED) is 0.388. The van der Waals surface area contributed by atoms with Crippen LogP contribution in [0.4, 0.5) is 5.69 Å². The van der Waals surface area contributed by atoms with Gasteiger partial charge in [-0.2, -0.15) is 0 Å². The molecule has 0 bridgehead atoms. The number of benzene rings is 2. The molecule has 3 aromatic rings. The minimum Gasteiger partial charge on any atom is -0.504 e. The molecule has 1 aliphatic carbocycles. The Morgan fingerprint density at radius 3 is 2.44 bits per heavy atom. The normalized spacial score (nSPS) is 15.1. The minimum atomic E-state index is -0.641. The van der Waals surface area contributed by atoms with Crippen molar-refractivity contribution in [3.63, 3.8) is 0 Å². The Hall–Kier alpha value is -2.89. The summed E-state index contributed by atoms with van der Waals surface area (Å²) in [5, 5.41) is 23.8. The van der Waals surface area contributed by atoms with Crippen molar-refractivity contribution in [2.75, 3.05) is 5.32 Å². The third kappa shape index (κ3) is 3.87. The molecule has 0 unspecified atom stereocenters. The van der Waals surface area contributed by atoms with E-state index in [1.54, 1.807) is 6.07 Å². The summed E-state index contributed by atoms with van der Waals surface area (Å²) in [5.74, 6) is -0.432. The Morgan fingerprint density at radius 2 is 1.84 bits per heavy atom. The fourth-order valence-corrected chi connectivity index (χ4v) is 4.72. The number of nitrogens with zero attached hydrogens (tertiary/aromatic N) is 1. The molecule has 5 nitrogen and oxygen atoms in total. The highest BCUT2D eigenvalue weighted by molar-refractivity contribution is 6.08. The van der Waals surface area contributed by atoms with E-state index >= 15 is 0 Å². The van der Waals surface area contributed by atoms with Crippen LogP contribution in [0.1, 0.15) is 56.9 Å². The van der Waals surface area contributed by atoms with Crippen molar-refractivity contribution in [2.45, 2.75) is 70.7 Å². The van der Waals surface area contributed by atoms with Crippen LogP contribution < -0.4 is 5.32 Å². The number of aryl methyl sites for hydroxylation is 2. The number of rotatable bonds is 6. The molecule has 0 saturated heterocycles. The predicted molar refractivity (Wildman–Crippen MR) is 133 cm³/mol. The summed E-state index contributed by atoms with van der Waals surface area (Å²) in [4.78, 5) is 13.3. The van der Waals surface area contributed by atoms with E-state index < -0.39 is 5.41 Å².